The van der Waals surface area contributed by atoms with Gasteiger partial charge in [0.05, 0.1) is 6.61 Å². The summed E-state index contributed by atoms with van der Waals surface area (Å²) >= 11 is 0. The van der Waals surface area contributed by atoms with E-state index in [0.717, 1.165) is 57.8 Å². The van der Waals surface area contributed by atoms with E-state index in [2.05, 4.69) is 42.7 Å². The zero-order valence-corrected chi connectivity index (χ0v) is 29.0. The van der Waals surface area contributed by atoms with Crippen LogP contribution in [0.15, 0.2) is 24.3 Å². The Hall–Kier alpha value is -1.47. The number of unbranched alkanes of at least 4 members (excludes halogenated alkanes) is 18. The molecular weight excluding hydrogens is 579 g/mol. The first kappa shape index (κ1) is 42.5. The Morgan fingerprint density at radius 3 is 1.39 bits per heavy atom. The first-order valence-corrected chi connectivity index (χ1v) is 19.2. The molecule has 0 amide bonds. The van der Waals surface area contributed by atoms with Crippen molar-refractivity contribution in [2.24, 2.45) is 0 Å². The second kappa shape index (κ2) is 31.5. The van der Waals surface area contributed by atoms with Crippen molar-refractivity contribution >= 4 is 19.8 Å². The lowest BCUT2D eigenvalue weighted by atomic mass is 10.1. The third-order valence-corrected chi connectivity index (χ3v) is 7.93. The number of phosphoric ester groups is 1. The number of esters is 2. The van der Waals surface area contributed by atoms with Crippen LogP contribution in [-0.4, -0.2) is 41.0 Å². The summed E-state index contributed by atoms with van der Waals surface area (Å²) in [7, 11) is -4.74. The van der Waals surface area contributed by atoms with Gasteiger partial charge in [-0.25, -0.2) is 4.57 Å². The second-order valence-corrected chi connectivity index (χ2v) is 13.1. The van der Waals surface area contributed by atoms with Crippen LogP contribution >= 0.6 is 7.82 Å². The first-order valence-electron chi connectivity index (χ1n) is 17.6. The minimum Gasteiger partial charge on any atom is -0.462 e. The van der Waals surface area contributed by atoms with Crippen molar-refractivity contribution < 1.29 is 37.9 Å². The molecule has 0 aliphatic heterocycles. The van der Waals surface area contributed by atoms with Gasteiger partial charge in [0.15, 0.2) is 6.10 Å². The van der Waals surface area contributed by atoms with E-state index in [1.807, 2.05) is 0 Å². The summed E-state index contributed by atoms with van der Waals surface area (Å²) in [6.07, 6.45) is 33.3. The maximum Gasteiger partial charge on any atom is 0.469 e. The van der Waals surface area contributed by atoms with Crippen LogP contribution < -0.4 is 0 Å². The number of carbonyl (C=O) groups is 2. The maximum atomic E-state index is 12.3. The molecule has 44 heavy (non-hydrogen) atoms. The third-order valence-electron chi connectivity index (χ3n) is 7.44. The summed E-state index contributed by atoms with van der Waals surface area (Å²) in [5, 5.41) is 0. The number of allylic oxidation sites excluding steroid dienone is 4. The minimum absolute atomic E-state index is 0.202. The highest BCUT2D eigenvalue weighted by molar-refractivity contribution is 7.46. The lowest BCUT2D eigenvalue weighted by molar-refractivity contribution is -0.161. The van der Waals surface area contributed by atoms with Crippen molar-refractivity contribution in [3.8, 4) is 0 Å². The van der Waals surface area contributed by atoms with Crippen LogP contribution in [0.4, 0.5) is 0 Å². The Bertz CT molecular complexity index is 777. The van der Waals surface area contributed by atoms with Gasteiger partial charge in [-0.2, -0.15) is 0 Å². The standard InChI is InChI=1S/C35H65O8P/c1-3-5-7-9-11-13-15-16-17-18-20-21-23-25-27-29-34(36)41-31-33(32-42-44(38,39)40)43-35(37)30-28-26-24-22-19-14-12-10-8-6-4-2/h9-12,33H,3-8,13-32H2,1-2H3,(H2,38,39,40)/b11-9+,12-10+/t33-/m1/s1. The second-order valence-electron chi connectivity index (χ2n) is 11.8. The quantitative estimate of drug-likeness (QED) is 0.0321. The van der Waals surface area contributed by atoms with E-state index < -0.39 is 32.5 Å². The Labute approximate surface area is 269 Å². The van der Waals surface area contributed by atoms with Gasteiger partial charge >= 0.3 is 19.8 Å². The molecular formula is C35H65O8P. The number of phosphoric acid groups is 1. The molecule has 0 bridgehead atoms. The highest BCUT2D eigenvalue weighted by Crippen LogP contribution is 2.36. The fourth-order valence-corrected chi connectivity index (χ4v) is 5.11. The summed E-state index contributed by atoms with van der Waals surface area (Å²) in [5.41, 5.74) is 0. The Morgan fingerprint density at radius 1 is 0.568 bits per heavy atom. The lowest BCUT2D eigenvalue weighted by Gasteiger charge is -2.18. The smallest absolute Gasteiger partial charge is 0.462 e. The predicted molar refractivity (Wildman–Crippen MR) is 179 cm³/mol. The molecule has 0 rings (SSSR count). The molecule has 0 aromatic rings. The lowest BCUT2D eigenvalue weighted by Crippen LogP contribution is -2.29. The molecule has 0 fully saturated rings. The molecule has 1 atom stereocenters. The number of ether oxygens (including phenoxy) is 2. The molecule has 0 heterocycles. The number of rotatable bonds is 32. The molecule has 0 aromatic carbocycles. The summed E-state index contributed by atoms with van der Waals surface area (Å²) in [4.78, 5) is 42.5. The summed E-state index contributed by atoms with van der Waals surface area (Å²) in [6, 6.07) is 0. The Kier molecular flexibility index (Phi) is 30.5. The molecule has 0 spiro atoms. The van der Waals surface area contributed by atoms with Gasteiger partial charge in [0.2, 0.25) is 0 Å². The number of hydrogen-bond donors (Lipinski definition) is 2. The molecule has 258 valence electrons. The SMILES string of the molecule is CCCC/C=C/CCCCCCCCCCCC(=O)OC[C@H](COP(=O)(O)O)OC(=O)CCCCCCC/C=C/CCCC. The predicted octanol–water partition coefficient (Wildman–Crippen LogP) is 10.1. The summed E-state index contributed by atoms with van der Waals surface area (Å²) in [5.74, 6) is -0.898. The van der Waals surface area contributed by atoms with Gasteiger partial charge in [0, 0.05) is 12.8 Å². The molecule has 0 radical (unpaired) electrons. The van der Waals surface area contributed by atoms with Gasteiger partial charge in [-0.3, -0.25) is 14.1 Å². The highest BCUT2D eigenvalue weighted by Gasteiger charge is 2.22. The molecule has 9 heteroatoms. The summed E-state index contributed by atoms with van der Waals surface area (Å²) < 4.78 is 26.2. The van der Waals surface area contributed by atoms with Gasteiger partial charge in [-0.05, 0) is 51.4 Å². The highest BCUT2D eigenvalue weighted by atomic mass is 31.2. The summed E-state index contributed by atoms with van der Waals surface area (Å²) in [6.45, 7) is 3.59. The largest absolute Gasteiger partial charge is 0.469 e. The van der Waals surface area contributed by atoms with Crippen molar-refractivity contribution in [2.45, 2.75) is 174 Å². The molecule has 0 aliphatic carbocycles. The first-order chi connectivity index (χ1) is 21.3. The number of carbonyl (C=O) groups excluding carboxylic acids is 2. The average molecular weight is 645 g/mol. The molecule has 2 N–H and O–H groups in total. The van der Waals surface area contributed by atoms with Gasteiger partial charge in [-0.15, -0.1) is 0 Å². The topological polar surface area (TPSA) is 119 Å². The van der Waals surface area contributed by atoms with Crippen LogP contribution in [0.5, 0.6) is 0 Å². The maximum absolute atomic E-state index is 12.3. The fourth-order valence-electron chi connectivity index (χ4n) is 4.75. The van der Waals surface area contributed by atoms with Crippen LogP contribution in [-0.2, 0) is 28.2 Å². The normalized spacial score (nSPS) is 12.7. The minimum atomic E-state index is -4.74. The van der Waals surface area contributed by atoms with Crippen molar-refractivity contribution in [3.63, 3.8) is 0 Å². The van der Waals surface area contributed by atoms with Crippen molar-refractivity contribution in [1.29, 1.82) is 0 Å². The van der Waals surface area contributed by atoms with E-state index in [0.29, 0.717) is 6.42 Å². The van der Waals surface area contributed by atoms with E-state index in [1.165, 1.54) is 77.0 Å². The van der Waals surface area contributed by atoms with Crippen LogP contribution in [0, 0.1) is 0 Å². The van der Waals surface area contributed by atoms with Crippen LogP contribution in [0.2, 0.25) is 0 Å². The molecule has 0 saturated carbocycles. The van der Waals surface area contributed by atoms with Gasteiger partial charge in [0.25, 0.3) is 0 Å². The molecule has 0 saturated heterocycles. The molecule has 8 nitrogen and oxygen atoms in total. The van der Waals surface area contributed by atoms with Crippen LogP contribution in [0.25, 0.3) is 0 Å². The van der Waals surface area contributed by atoms with Gasteiger partial charge in [0.1, 0.15) is 6.61 Å². The zero-order chi connectivity index (χ0) is 32.6. The Morgan fingerprint density at radius 2 is 0.955 bits per heavy atom. The van der Waals surface area contributed by atoms with Gasteiger partial charge < -0.3 is 19.3 Å². The van der Waals surface area contributed by atoms with E-state index in [4.69, 9.17) is 19.3 Å². The van der Waals surface area contributed by atoms with Crippen molar-refractivity contribution in [3.05, 3.63) is 24.3 Å². The Balaban J connectivity index is 3.98. The fraction of sp³-hybridized carbons (Fsp3) is 0.829. The van der Waals surface area contributed by atoms with E-state index >= 15 is 0 Å². The molecule has 0 aliphatic rings. The van der Waals surface area contributed by atoms with Crippen molar-refractivity contribution in [1.82, 2.24) is 0 Å². The van der Waals surface area contributed by atoms with E-state index in [9.17, 15) is 14.2 Å². The molecule has 0 unspecified atom stereocenters. The van der Waals surface area contributed by atoms with Crippen LogP contribution in [0.1, 0.15) is 168 Å². The monoisotopic (exact) mass is 644 g/mol. The third kappa shape index (κ3) is 33.4. The van der Waals surface area contributed by atoms with Crippen molar-refractivity contribution in [2.75, 3.05) is 13.2 Å². The average Bonchev–Trinajstić information content (AvgIpc) is 2.98. The zero-order valence-electron chi connectivity index (χ0n) is 28.1. The van der Waals surface area contributed by atoms with Crippen LogP contribution in [0.3, 0.4) is 0 Å². The molecule has 0 aromatic heterocycles. The number of hydrogen-bond acceptors (Lipinski definition) is 6. The van der Waals surface area contributed by atoms with Gasteiger partial charge in [-0.1, -0.05) is 128 Å². The van der Waals surface area contributed by atoms with E-state index in [-0.39, 0.29) is 19.4 Å². The van der Waals surface area contributed by atoms with E-state index in [1.54, 1.807) is 0 Å².